The number of thiazole rings is 1. The molecule has 0 spiro atoms. The maximum absolute atomic E-state index is 13.3. The Morgan fingerprint density at radius 2 is 1.77 bits per heavy atom. The lowest BCUT2D eigenvalue weighted by Crippen LogP contribution is -2.20. The van der Waals surface area contributed by atoms with Crippen LogP contribution in [-0.2, 0) is 21.3 Å². The Kier molecular flexibility index (Phi) is 7.34. The van der Waals surface area contributed by atoms with Crippen LogP contribution in [0.4, 0.5) is 5.69 Å². The second kappa shape index (κ2) is 10.4. The van der Waals surface area contributed by atoms with Crippen LogP contribution >= 0.6 is 11.3 Å². The maximum Gasteiger partial charge on any atom is 0.281 e. The van der Waals surface area contributed by atoms with Crippen LogP contribution < -0.4 is 14.3 Å². The topological polar surface area (TPSA) is 99.0 Å². The first-order valence-electron chi connectivity index (χ1n) is 10.8. The summed E-state index contributed by atoms with van der Waals surface area (Å²) in [6.45, 7) is 2.75. The minimum Gasteiger partial charge on any atom is -0.495 e. The number of carbonyl (C=O) groups is 1. The number of nitrogens with one attached hydrogen (secondary N) is 1. The molecule has 1 heterocycles. The number of aromatic nitrogens is 1. The number of nitrogens with zero attached hydrogens (tertiary/aromatic N) is 2. The average molecular weight is 512 g/mol. The molecule has 0 fully saturated rings. The molecule has 0 aliphatic carbocycles. The molecule has 0 radical (unpaired) electrons. The van der Waals surface area contributed by atoms with Crippen molar-refractivity contribution < 1.29 is 22.7 Å². The van der Waals surface area contributed by atoms with E-state index in [0.717, 1.165) is 15.8 Å². The number of para-hydroxylation sites is 2. The van der Waals surface area contributed by atoms with E-state index < -0.39 is 15.9 Å². The molecule has 8 nitrogen and oxygen atoms in total. The van der Waals surface area contributed by atoms with Crippen LogP contribution in [0.3, 0.4) is 0 Å². The van der Waals surface area contributed by atoms with Crippen LogP contribution in [0.5, 0.6) is 5.75 Å². The smallest absolute Gasteiger partial charge is 0.281 e. The minimum absolute atomic E-state index is 0.108. The van der Waals surface area contributed by atoms with E-state index in [9.17, 15) is 13.2 Å². The minimum atomic E-state index is -3.89. The highest BCUT2D eigenvalue weighted by Gasteiger charge is 2.19. The molecule has 0 bridgehead atoms. The van der Waals surface area contributed by atoms with E-state index in [-0.39, 0.29) is 16.1 Å². The number of fused-ring (bicyclic) bond motifs is 1. The van der Waals surface area contributed by atoms with Crippen molar-refractivity contribution in [1.82, 2.24) is 4.57 Å². The third-order valence-electron chi connectivity index (χ3n) is 5.33. The number of methoxy groups -OCH3 is 2. The molecule has 182 valence electrons. The molecular weight excluding hydrogens is 486 g/mol. The predicted molar refractivity (Wildman–Crippen MR) is 137 cm³/mol. The Hall–Kier alpha value is -3.47. The molecule has 0 unspecified atom stereocenters. The molecule has 4 aromatic rings. The first-order chi connectivity index (χ1) is 16.8. The molecule has 0 atom stereocenters. The van der Waals surface area contributed by atoms with Crippen LogP contribution in [0.1, 0.15) is 15.9 Å². The molecule has 10 heteroatoms. The highest BCUT2D eigenvalue weighted by atomic mass is 32.2. The predicted octanol–water partition coefficient (Wildman–Crippen LogP) is 4.21. The average Bonchev–Trinajstić information content (AvgIpc) is 3.19. The largest absolute Gasteiger partial charge is 0.495 e. The van der Waals surface area contributed by atoms with Gasteiger partial charge in [0.25, 0.3) is 15.9 Å². The van der Waals surface area contributed by atoms with E-state index in [0.29, 0.717) is 23.7 Å². The van der Waals surface area contributed by atoms with Crippen molar-refractivity contribution in [1.29, 1.82) is 0 Å². The summed E-state index contributed by atoms with van der Waals surface area (Å²) in [6.07, 6.45) is 0. The summed E-state index contributed by atoms with van der Waals surface area (Å²) in [4.78, 5) is 18.2. The van der Waals surface area contributed by atoms with E-state index in [2.05, 4.69) is 9.71 Å². The normalized spacial score (nSPS) is 12.1. The van der Waals surface area contributed by atoms with Crippen molar-refractivity contribution in [3.8, 4) is 5.75 Å². The van der Waals surface area contributed by atoms with Gasteiger partial charge in [-0.1, -0.05) is 47.2 Å². The number of sulfonamides is 1. The van der Waals surface area contributed by atoms with Gasteiger partial charge in [0.2, 0.25) is 0 Å². The molecule has 0 aliphatic rings. The van der Waals surface area contributed by atoms with Gasteiger partial charge in [0.15, 0.2) is 4.80 Å². The third-order valence-corrected chi connectivity index (χ3v) is 7.76. The van der Waals surface area contributed by atoms with Crippen molar-refractivity contribution in [2.75, 3.05) is 25.5 Å². The molecule has 0 aliphatic heterocycles. The molecule has 4 rings (SSSR count). The second-order valence-electron chi connectivity index (χ2n) is 7.72. The van der Waals surface area contributed by atoms with Gasteiger partial charge in [-0.3, -0.25) is 9.52 Å². The molecule has 0 saturated heterocycles. The van der Waals surface area contributed by atoms with E-state index in [1.165, 1.54) is 23.5 Å². The number of ether oxygens (including phenoxy) is 2. The first kappa shape index (κ1) is 24.6. The standard InChI is InChI=1S/C25H25N3O5S2/c1-17-11-13-18(14-12-17)35(30,31)27-20-8-5-4-7-19(20)24(29)26-25-28(15-16-32-2)23-21(33-3)9-6-10-22(23)34-25/h4-14,27H,15-16H2,1-3H3. The van der Waals surface area contributed by atoms with Gasteiger partial charge >= 0.3 is 0 Å². The van der Waals surface area contributed by atoms with Gasteiger partial charge in [-0.05, 0) is 43.3 Å². The van der Waals surface area contributed by atoms with Crippen LogP contribution in [0.25, 0.3) is 10.2 Å². The fourth-order valence-corrected chi connectivity index (χ4v) is 5.72. The Balaban J connectivity index is 1.76. The summed E-state index contributed by atoms with van der Waals surface area (Å²) < 4.78 is 41.9. The van der Waals surface area contributed by atoms with Gasteiger partial charge in [-0.2, -0.15) is 4.99 Å². The third kappa shape index (κ3) is 5.29. The number of anilines is 1. The highest BCUT2D eigenvalue weighted by molar-refractivity contribution is 7.92. The zero-order valence-electron chi connectivity index (χ0n) is 19.5. The fraction of sp³-hybridized carbons (Fsp3) is 0.200. The highest BCUT2D eigenvalue weighted by Crippen LogP contribution is 2.27. The van der Waals surface area contributed by atoms with E-state index in [1.54, 1.807) is 50.6 Å². The summed E-state index contributed by atoms with van der Waals surface area (Å²) in [6, 6.07) is 18.5. The Morgan fingerprint density at radius 1 is 1.03 bits per heavy atom. The van der Waals surface area contributed by atoms with Crippen LogP contribution in [0.15, 0.2) is 76.6 Å². The lowest BCUT2D eigenvalue weighted by molar-refractivity contribution is 0.0998. The number of hydrogen-bond acceptors (Lipinski definition) is 6. The van der Waals surface area contributed by atoms with Crippen molar-refractivity contribution in [2.45, 2.75) is 18.4 Å². The van der Waals surface area contributed by atoms with Crippen molar-refractivity contribution in [2.24, 2.45) is 4.99 Å². The lowest BCUT2D eigenvalue weighted by Gasteiger charge is -2.11. The van der Waals surface area contributed by atoms with Gasteiger partial charge in [-0.25, -0.2) is 8.42 Å². The monoisotopic (exact) mass is 511 g/mol. The maximum atomic E-state index is 13.3. The van der Waals surface area contributed by atoms with Gasteiger partial charge in [-0.15, -0.1) is 0 Å². The lowest BCUT2D eigenvalue weighted by atomic mass is 10.2. The Labute approximate surface area is 207 Å². The van der Waals surface area contributed by atoms with Gasteiger partial charge in [0.05, 0.1) is 34.6 Å². The van der Waals surface area contributed by atoms with Crippen LogP contribution in [0, 0.1) is 6.92 Å². The molecule has 0 saturated carbocycles. The quantitative estimate of drug-likeness (QED) is 0.382. The molecule has 35 heavy (non-hydrogen) atoms. The van der Waals surface area contributed by atoms with Gasteiger partial charge in [0.1, 0.15) is 11.3 Å². The zero-order chi connectivity index (χ0) is 25.0. The SMILES string of the molecule is COCCn1c(=NC(=O)c2ccccc2NS(=O)(=O)c2ccc(C)cc2)sc2cccc(OC)c21. The van der Waals surface area contributed by atoms with E-state index in [1.807, 2.05) is 29.7 Å². The molecule has 3 aromatic carbocycles. The number of aryl methyl sites for hydroxylation is 1. The summed E-state index contributed by atoms with van der Waals surface area (Å²) in [5.41, 5.74) is 2.06. The fourth-order valence-electron chi connectivity index (χ4n) is 3.56. The number of rotatable bonds is 8. The first-order valence-corrected chi connectivity index (χ1v) is 13.1. The van der Waals surface area contributed by atoms with Crippen molar-refractivity contribution in [3.63, 3.8) is 0 Å². The van der Waals surface area contributed by atoms with E-state index >= 15 is 0 Å². The van der Waals surface area contributed by atoms with E-state index in [4.69, 9.17) is 9.47 Å². The summed E-state index contributed by atoms with van der Waals surface area (Å²) in [5.74, 6) is 0.0962. The number of hydrogen-bond donors (Lipinski definition) is 1. The summed E-state index contributed by atoms with van der Waals surface area (Å²) in [7, 11) is -0.698. The van der Waals surface area contributed by atoms with Gasteiger partial charge in [0, 0.05) is 13.7 Å². The zero-order valence-corrected chi connectivity index (χ0v) is 21.2. The summed E-state index contributed by atoms with van der Waals surface area (Å²) >= 11 is 1.35. The van der Waals surface area contributed by atoms with Crippen LogP contribution in [-0.4, -0.2) is 39.7 Å². The number of amides is 1. The molecule has 1 aromatic heterocycles. The molecular formula is C25H25N3O5S2. The number of benzene rings is 3. The Morgan fingerprint density at radius 3 is 2.49 bits per heavy atom. The van der Waals surface area contributed by atoms with Crippen molar-refractivity contribution in [3.05, 3.63) is 82.7 Å². The Bertz CT molecular complexity index is 1540. The molecule has 1 amide bonds. The second-order valence-corrected chi connectivity index (χ2v) is 10.4. The molecule has 1 N–H and O–H groups in total. The van der Waals surface area contributed by atoms with Crippen LogP contribution in [0.2, 0.25) is 0 Å². The van der Waals surface area contributed by atoms with Crippen molar-refractivity contribution >= 4 is 43.2 Å². The summed E-state index contributed by atoms with van der Waals surface area (Å²) in [5, 5.41) is 0. The number of carbonyl (C=O) groups excluding carboxylic acids is 1. The van der Waals surface area contributed by atoms with Gasteiger partial charge < -0.3 is 14.0 Å².